The number of allylic oxidation sites excluding steroid dienone is 1. The highest BCUT2D eigenvalue weighted by Crippen LogP contribution is 2.38. The topological polar surface area (TPSA) is 66.9 Å². The predicted molar refractivity (Wildman–Crippen MR) is 126 cm³/mol. The van der Waals surface area contributed by atoms with Crippen LogP contribution < -0.4 is 0 Å². The zero-order chi connectivity index (χ0) is 24.4. The van der Waals surface area contributed by atoms with Gasteiger partial charge in [0.05, 0.1) is 12.1 Å². The Morgan fingerprint density at radius 1 is 1.03 bits per heavy atom. The molecule has 2 aliphatic heterocycles. The number of piperidine rings is 1. The summed E-state index contributed by atoms with van der Waals surface area (Å²) in [6.07, 6.45) is 7.49. The second kappa shape index (κ2) is 8.21. The van der Waals surface area contributed by atoms with Crippen LogP contribution in [0.2, 0.25) is 0 Å². The van der Waals surface area contributed by atoms with E-state index >= 15 is 8.78 Å². The number of morpholine rings is 1. The van der Waals surface area contributed by atoms with E-state index in [1.165, 1.54) is 4.31 Å². The van der Waals surface area contributed by atoms with Crippen LogP contribution in [0.5, 0.6) is 0 Å². The Hall–Kier alpha value is -2.62. The van der Waals surface area contributed by atoms with Crippen LogP contribution in [-0.2, 0) is 26.0 Å². The Morgan fingerprint density at radius 2 is 1.80 bits per heavy atom. The highest BCUT2D eigenvalue weighted by molar-refractivity contribution is 7.89. The molecule has 0 aromatic heterocycles. The molecule has 0 unspecified atom stereocenters. The van der Waals surface area contributed by atoms with Gasteiger partial charge >= 0.3 is 0 Å². The van der Waals surface area contributed by atoms with Crippen molar-refractivity contribution in [3.8, 4) is 11.1 Å². The molecule has 2 heterocycles. The Bertz CT molecular complexity index is 1350. The van der Waals surface area contributed by atoms with E-state index in [0.717, 1.165) is 42.5 Å². The lowest BCUT2D eigenvalue weighted by Gasteiger charge is -2.46. The standard InChI is InChI=1S/C26H26F2N2O4S/c27-22-14-24(23(28)13-21(22)19-5-4-17-2-1-3-18(17)12-19)35(32,33)29-10-8-26(9-11-29)16-30(20-6-7-20)25(31)15-34-26/h1-2,4-5,12-14,20H,3,6-11,15-16H2. The fraction of sp³-hybridized carbons (Fsp3) is 0.423. The van der Waals surface area contributed by atoms with Gasteiger partial charge in [-0.25, -0.2) is 17.2 Å². The second-order valence-corrected chi connectivity index (χ2v) is 11.8. The summed E-state index contributed by atoms with van der Waals surface area (Å²) < 4.78 is 63.8. The fourth-order valence-corrected chi connectivity index (χ4v) is 6.91. The average Bonchev–Trinajstić information content (AvgIpc) is 3.58. The Labute approximate surface area is 203 Å². The molecule has 0 radical (unpaired) electrons. The zero-order valence-electron chi connectivity index (χ0n) is 19.2. The summed E-state index contributed by atoms with van der Waals surface area (Å²) in [5.74, 6) is -1.77. The first-order chi connectivity index (χ1) is 16.8. The molecular formula is C26H26F2N2O4S. The Kier molecular flexibility index (Phi) is 5.36. The number of benzene rings is 2. The fourth-order valence-electron chi connectivity index (χ4n) is 5.41. The number of sulfonamides is 1. The minimum atomic E-state index is -4.24. The van der Waals surface area contributed by atoms with E-state index in [0.29, 0.717) is 24.9 Å². The monoisotopic (exact) mass is 500 g/mol. The molecule has 3 fully saturated rings. The Morgan fingerprint density at radius 3 is 2.54 bits per heavy atom. The highest BCUT2D eigenvalue weighted by atomic mass is 32.2. The Balaban J connectivity index is 1.21. The van der Waals surface area contributed by atoms with Crippen LogP contribution in [0.1, 0.15) is 36.8 Å². The van der Waals surface area contributed by atoms with Crippen LogP contribution >= 0.6 is 0 Å². The lowest BCUT2D eigenvalue weighted by Crippen LogP contribution is -2.59. The van der Waals surface area contributed by atoms with Crippen molar-refractivity contribution in [2.24, 2.45) is 0 Å². The maximum atomic E-state index is 15.1. The molecule has 2 aromatic rings. The minimum absolute atomic E-state index is 0.00328. The number of nitrogens with zero attached hydrogens (tertiary/aromatic N) is 2. The molecule has 1 saturated carbocycles. The summed E-state index contributed by atoms with van der Waals surface area (Å²) in [7, 11) is -4.24. The van der Waals surface area contributed by atoms with Crippen molar-refractivity contribution in [2.75, 3.05) is 26.2 Å². The molecule has 1 amide bonds. The van der Waals surface area contributed by atoms with E-state index in [4.69, 9.17) is 4.74 Å². The summed E-state index contributed by atoms with van der Waals surface area (Å²) in [5, 5.41) is 0. The van der Waals surface area contributed by atoms with E-state index in [9.17, 15) is 13.2 Å². The molecule has 9 heteroatoms. The first-order valence-electron chi connectivity index (χ1n) is 12.0. The van der Waals surface area contributed by atoms with Gasteiger partial charge in [-0.2, -0.15) is 4.31 Å². The van der Waals surface area contributed by atoms with Gasteiger partial charge in [0.15, 0.2) is 0 Å². The third-order valence-electron chi connectivity index (χ3n) is 7.63. The number of halogens is 2. The van der Waals surface area contributed by atoms with Crippen LogP contribution in [0.3, 0.4) is 0 Å². The number of rotatable bonds is 4. The number of fused-ring (bicyclic) bond motifs is 1. The molecular weight excluding hydrogens is 474 g/mol. The van der Waals surface area contributed by atoms with Crippen LogP contribution in [0.15, 0.2) is 41.3 Å². The summed E-state index contributed by atoms with van der Waals surface area (Å²) in [6, 6.07) is 7.41. The van der Waals surface area contributed by atoms with Crippen molar-refractivity contribution in [1.82, 2.24) is 9.21 Å². The van der Waals surface area contributed by atoms with Gasteiger partial charge in [0.1, 0.15) is 23.1 Å². The molecule has 0 atom stereocenters. The minimum Gasteiger partial charge on any atom is -0.363 e. The lowest BCUT2D eigenvalue weighted by atomic mass is 9.90. The molecule has 2 saturated heterocycles. The maximum absolute atomic E-state index is 15.1. The second-order valence-electron chi connectivity index (χ2n) is 9.91. The number of carbonyl (C=O) groups is 1. The van der Waals surface area contributed by atoms with E-state index in [-0.39, 0.29) is 37.2 Å². The number of amides is 1. The van der Waals surface area contributed by atoms with Crippen molar-refractivity contribution in [1.29, 1.82) is 0 Å². The van der Waals surface area contributed by atoms with Gasteiger partial charge in [-0.3, -0.25) is 4.79 Å². The summed E-state index contributed by atoms with van der Waals surface area (Å²) >= 11 is 0. The summed E-state index contributed by atoms with van der Waals surface area (Å²) in [4.78, 5) is 13.4. The van der Waals surface area contributed by atoms with E-state index in [2.05, 4.69) is 0 Å². The first-order valence-corrected chi connectivity index (χ1v) is 13.4. The predicted octanol–water partition coefficient (Wildman–Crippen LogP) is 3.75. The zero-order valence-corrected chi connectivity index (χ0v) is 20.0. The van der Waals surface area contributed by atoms with Crippen molar-refractivity contribution < 1.29 is 26.7 Å². The van der Waals surface area contributed by atoms with E-state index < -0.39 is 32.2 Å². The molecule has 6 nitrogen and oxygen atoms in total. The smallest absolute Gasteiger partial charge is 0.248 e. The van der Waals surface area contributed by atoms with Gasteiger partial charge < -0.3 is 9.64 Å². The van der Waals surface area contributed by atoms with Gasteiger partial charge in [-0.15, -0.1) is 0 Å². The van der Waals surface area contributed by atoms with Gasteiger partial charge in [-0.05, 0) is 60.9 Å². The average molecular weight is 501 g/mol. The van der Waals surface area contributed by atoms with Crippen LogP contribution in [0, 0.1) is 11.6 Å². The van der Waals surface area contributed by atoms with Crippen LogP contribution in [0.4, 0.5) is 8.78 Å². The van der Waals surface area contributed by atoms with Gasteiger partial charge in [0.2, 0.25) is 15.9 Å². The molecule has 35 heavy (non-hydrogen) atoms. The largest absolute Gasteiger partial charge is 0.363 e. The third kappa shape index (κ3) is 3.99. The number of hydrogen-bond donors (Lipinski definition) is 0. The van der Waals surface area contributed by atoms with Crippen molar-refractivity contribution >= 4 is 22.0 Å². The number of carbonyl (C=O) groups excluding carboxylic acids is 1. The summed E-state index contributed by atoms with van der Waals surface area (Å²) in [5.41, 5.74) is 2.03. The maximum Gasteiger partial charge on any atom is 0.248 e. The molecule has 6 rings (SSSR count). The quantitative estimate of drug-likeness (QED) is 0.642. The SMILES string of the molecule is O=C1COC2(CCN(S(=O)(=O)c3cc(F)c(-c4ccc5c(c4)CC=C5)cc3F)CC2)CN1C1CC1. The number of ether oxygens (including phenoxy) is 1. The van der Waals surface area contributed by atoms with Gasteiger partial charge in [0, 0.05) is 24.7 Å². The first kappa shape index (κ1) is 22.8. The summed E-state index contributed by atoms with van der Waals surface area (Å²) in [6.45, 7) is 0.701. The van der Waals surface area contributed by atoms with Crippen molar-refractivity contribution in [3.05, 3.63) is 59.2 Å². The van der Waals surface area contributed by atoms with Gasteiger partial charge in [0.25, 0.3) is 0 Å². The highest BCUT2D eigenvalue weighted by Gasteiger charge is 2.47. The molecule has 1 spiro atoms. The van der Waals surface area contributed by atoms with Crippen molar-refractivity contribution in [3.63, 3.8) is 0 Å². The molecule has 2 aliphatic carbocycles. The molecule has 4 aliphatic rings. The van der Waals surface area contributed by atoms with Crippen LogP contribution in [0.25, 0.3) is 17.2 Å². The molecule has 0 N–H and O–H groups in total. The normalized spacial score (nSPS) is 22.1. The van der Waals surface area contributed by atoms with Crippen LogP contribution in [-0.4, -0.2) is 61.4 Å². The molecule has 0 bridgehead atoms. The number of hydrogen-bond acceptors (Lipinski definition) is 4. The molecule has 2 aromatic carbocycles. The van der Waals surface area contributed by atoms with Gasteiger partial charge in [-0.1, -0.05) is 30.4 Å². The van der Waals surface area contributed by atoms with E-state index in [1.54, 1.807) is 6.07 Å². The molecule has 184 valence electrons. The third-order valence-corrected chi connectivity index (χ3v) is 9.54. The van der Waals surface area contributed by atoms with Crippen molar-refractivity contribution in [2.45, 2.75) is 48.6 Å². The van der Waals surface area contributed by atoms with E-state index in [1.807, 2.05) is 29.2 Å². The lowest BCUT2D eigenvalue weighted by molar-refractivity contribution is -0.170.